The quantitative estimate of drug-likeness (QED) is 0.364. The van der Waals surface area contributed by atoms with Gasteiger partial charge in [-0.2, -0.15) is 0 Å². The van der Waals surface area contributed by atoms with Crippen LogP contribution < -0.4 is 0 Å². The van der Waals surface area contributed by atoms with Gasteiger partial charge in [0.25, 0.3) is 0 Å². The highest BCUT2D eigenvalue weighted by molar-refractivity contribution is 5.69. The van der Waals surface area contributed by atoms with Crippen LogP contribution in [0.1, 0.15) is 104 Å². The Kier molecular flexibility index (Phi) is 14.5. The lowest BCUT2D eigenvalue weighted by atomic mass is 9.94. The Labute approximate surface area is 126 Å². The molecule has 120 valence electrons. The molecular weight excluding hydrogens is 248 g/mol. The molecular formula is C18H36O2. The predicted molar refractivity (Wildman–Crippen MR) is 87.1 cm³/mol. The number of carboxylic acids is 1. The van der Waals surface area contributed by atoms with E-state index < -0.39 is 5.97 Å². The van der Waals surface area contributed by atoms with Gasteiger partial charge in [-0.25, -0.2) is 0 Å². The Morgan fingerprint density at radius 3 is 1.40 bits per heavy atom. The first-order chi connectivity index (χ1) is 9.72. The third kappa shape index (κ3) is 12.5. The lowest BCUT2D eigenvalue weighted by molar-refractivity contribution is -0.142. The Bertz CT molecular complexity index is 213. The van der Waals surface area contributed by atoms with E-state index in [2.05, 4.69) is 13.8 Å². The third-order valence-corrected chi connectivity index (χ3v) is 4.16. The minimum absolute atomic E-state index is 0.0905. The second kappa shape index (κ2) is 14.9. The molecule has 0 spiro atoms. The first-order valence-electron chi connectivity index (χ1n) is 8.95. The number of carbonyl (C=O) groups is 1. The van der Waals surface area contributed by atoms with Gasteiger partial charge >= 0.3 is 5.97 Å². The Morgan fingerprint density at radius 2 is 1.05 bits per heavy atom. The molecule has 0 fully saturated rings. The van der Waals surface area contributed by atoms with Gasteiger partial charge in [0.1, 0.15) is 0 Å². The monoisotopic (exact) mass is 284 g/mol. The molecule has 20 heavy (non-hydrogen) atoms. The first kappa shape index (κ1) is 19.5. The van der Waals surface area contributed by atoms with Crippen molar-refractivity contribution < 1.29 is 9.90 Å². The molecule has 2 nitrogen and oxygen atoms in total. The van der Waals surface area contributed by atoms with Crippen molar-refractivity contribution in [1.82, 2.24) is 0 Å². The highest BCUT2D eigenvalue weighted by atomic mass is 16.4. The smallest absolute Gasteiger partial charge is 0.306 e. The average Bonchev–Trinajstić information content (AvgIpc) is 2.43. The number of carboxylic acid groups (broad SMARTS) is 1. The largest absolute Gasteiger partial charge is 0.481 e. The fourth-order valence-electron chi connectivity index (χ4n) is 2.73. The summed E-state index contributed by atoms with van der Waals surface area (Å²) in [4.78, 5) is 11.2. The van der Waals surface area contributed by atoms with E-state index in [4.69, 9.17) is 0 Å². The van der Waals surface area contributed by atoms with Crippen molar-refractivity contribution in [2.75, 3.05) is 0 Å². The summed E-state index contributed by atoms with van der Waals surface area (Å²) in [7, 11) is 0. The third-order valence-electron chi connectivity index (χ3n) is 4.16. The van der Waals surface area contributed by atoms with Crippen LogP contribution in [0.25, 0.3) is 0 Å². The number of hydrogen-bond acceptors (Lipinski definition) is 1. The summed E-state index contributed by atoms with van der Waals surface area (Å²) in [6.07, 6.45) is 16.8. The Hall–Kier alpha value is -0.530. The van der Waals surface area contributed by atoms with Crippen molar-refractivity contribution >= 4 is 5.97 Å². The molecule has 1 N–H and O–H groups in total. The Balaban J connectivity index is 3.52. The zero-order valence-electron chi connectivity index (χ0n) is 13.8. The maximum absolute atomic E-state index is 11.2. The summed E-state index contributed by atoms with van der Waals surface area (Å²) in [5, 5.41) is 9.25. The summed E-state index contributed by atoms with van der Waals surface area (Å²) in [6.45, 7) is 4.44. The molecule has 2 heteroatoms. The minimum atomic E-state index is -0.577. The van der Waals surface area contributed by atoms with Crippen LogP contribution in [-0.4, -0.2) is 11.1 Å². The van der Waals surface area contributed by atoms with E-state index in [9.17, 15) is 9.90 Å². The fourth-order valence-corrected chi connectivity index (χ4v) is 2.73. The molecule has 0 saturated carbocycles. The van der Waals surface area contributed by atoms with Crippen LogP contribution in [0, 0.1) is 5.92 Å². The van der Waals surface area contributed by atoms with Crippen molar-refractivity contribution in [3.05, 3.63) is 0 Å². The average molecular weight is 284 g/mol. The number of unbranched alkanes of at least 4 members (excludes halogenated alkanes) is 10. The van der Waals surface area contributed by atoms with E-state index in [0.29, 0.717) is 0 Å². The highest BCUT2D eigenvalue weighted by Gasteiger charge is 2.16. The molecule has 0 rings (SSSR count). The topological polar surface area (TPSA) is 37.3 Å². The van der Waals surface area contributed by atoms with Crippen LogP contribution in [0.3, 0.4) is 0 Å². The highest BCUT2D eigenvalue weighted by Crippen LogP contribution is 2.19. The van der Waals surface area contributed by atoms with Crippen molar-refractivity contribution in [1.29, 1.82) is 0 Å². The molecule has 0 amide bonds. The van der Waals surface area contributed by atoms with Crippen LogP contribution in [0.2, 0.25) is 0 Å². The molecule has 0 aromatic rings. The molecule has 0 unspecified atom stereocenters. The lowest BCUT2D eigenvalue weighted by Crippen LogP contribution is -2.13. The molecule has 0 radical (unpaired) electrons. The minimum Gasteiger partial charge on any atom is -0.481 e. The van der Waals surface area contributed by atoms with E-state index in [-0.39, 0.29) is 5.92 Å². The number of aliphatic carboxylic acids is 1. The van der Waals surface area contributed by atoms with Crippen molar-refractivity contribution in [3.63, 3.8) is 0 Å². The standard InChI is InChI=1S/C18H36O2/c1-3-5-7-9-10-12-14-16-17(18(19)20)15-13-11-8-6-4-2/h17H,3-16H2,1-2H3,(H,19,20)/t17-/m1/s1. The van der Waals surface area contributed by atoms with Gasteiger partial charge in [0.05, 0.1) is 5.92 Å². The summed E-state index contributed by atoms with van der Waals surface area (Å²) >= 11 is 0. The van der Waals surface area contributed by atoms with Gasteiger partial charge < -0.3 is 5.11 Å². The number of rotatable bonds is 15. The molecule has 0 aliphatic rings. The van der Waals surface area contributed by atoms with E-state index in [0.717, 1.165) is 25.7 Å². The molecule has 1 atom stereocenters. The van der Waals surface area contributed by atoms with Gasteiger partial charge in [0, 0.05) is 0 Å². The van der Waals surface area contributed by atoms with Crippen LogP contribution >= 0.6 is 0 Å². The fraction of sp³-hybridized carbons (Fsp3) is 0.944. The summed E-state index contributed by atoms with van der Waals surface area (Å²) in [5.74, 6) is -0.668. The van der Waals surface area contributed by atoms with Gasteiger partial charge in [-0.05, 0) is 12.8 Å². The molecule has 0 heterocycles. The van der Waals surface area contributed by atoms with Crippen LogP contribution in [-0.2, 0) is 4.79 Å². The Morgan fingerprint density at radius 1 is 0.700 bits per heavy atom. The summed E-state index contributed by atoms with van der Waals surface area (Å²) in [5.41, 5.74) is 0. The van der Waals surface area contributed by atoms with Gasteiger partial charge in [-0.15, -0.1) is 0 Å². The molecule has 0 aromatic heterocycles. The van der Waals surface area contributed by atoms with Gasteiger partial charge in [0.2, 0.25) is 0 Å². The van der Waals surface area contributed by atoms with Gasteiger partial charge in [0.15, 0.2) is 0 Å². The van der Waals surface area contributed by atoms with Gasteiger partial charge in [-0.3, -0.25) is 4.79 Å². The lowest BCUT2D eigenvalue weighted by Gasteiger charge is -2.12. The van der Waals surface area contributed by atoms with Gasteiger partial charge in [-0.1, -0.05) is 90.9 Å². The molecule has 0 aliphatic carbocycles. The summed E-state index contributed by atoms with van der Waals surface area (Å²) in [6, 6.07) is 0. The maximum Gasteiger partial charge on any atom is 0.306 e. The van der Waals surface area contributed by atoms with Crippen molar-refractivity contribution in [3.8, 4) is 0 Å². The molecule has 0 bridgehead atoms. The van der Waals surface area contributed by atoms with Crippen LogP contribution in [0.5, 0.6) is 0 Å². The van der Waals surface area contributed by atoms with Crippen LogP contribution in [0.4, 0.5) is 0 Å². The van der Waals surface area contributed by atoms with E-state index >= 15 is 0 Å². The second-order valence-electron chi connectivity index (χ2n) is 6.15. The summed E-state index contributed by atoms with van der Waals surface area (Å²) < 4.78 is 0. The number of hydrogen-bond donors (Lipinski definition) is 1. The normalized spacial score (nSPS) is 12.5. The second-order valence-corrected chi connectivity index (χ2v) is 6.15. The van der Waals surface area contributed by atoms with E-state index in [1.54, 1.807) is 0 Å². The zero-order chi connectivity index (χ0) is 15.1. The van der Waals surface area contributed by atoms with Crippen molar-refractivity contribution in [2.24, 2.45) is 5.92 Å². The van der Waals surface area contributed by atoms with Crippen molar-refractivity contribution in [2.45, 2.75) is 104 Å². The zero-order valence-corrected chi connectivity index (χ0v) is 13.8. The SMILES string of the molecule is CCCCCCCCC[C@@H](CCCCCCC)C(=O)O. The molecule has 0 aliphatic heterocycles. The predicted octanol–water partition coefficient (Wildman–Crippen LogP) is 6.19. The van der Waals surface area contributed by atoms with E-state index in [1.165, 1.54) is 64.2 Å². The maximum atomic E-state index is 11.2. The van der Waals surface area contributed by atoms with Crippen LogP contribution in [0.15, 0.2) is 0 Å². The van der Waals surface area contributed by atoms with E-state index in [1.807, 2.05) is 0 Å². The molecule has 0 aromatic carbocycles. The molecule has 0 saturated heterocycles. The first-order valence-corrected chi connectivity index (χ1v) is 8.95.